The first kappa shape index (κ1) is 12.2. The highest BCUT2D eigenvalue weighted by atomic mass is 16.5. The summed E-state index contributed by atoms with van der Waals surface area (Å²) < 4.78 is 4.60. The predicted octanol–water partition coefficient (Wildman–Crippen LogP) is 1.73. The molecule has 0 heterocycles. The summed E-state index contributed by atoms with van der Waals surface area (Å²) in [6, 6.07) is 6.78. The van der Waals surface area contributed by atoms with Gasteiger partial charge in [-0.15, -0.1) is 0 Å². The second-order valence-electron chi connectivity index (χ2n) is 3.22. The molecule has 0 fully saturated rings. The van der Waals surface area contributed by atoms with Crippen LogP contribution in [-0.2, 0) is 9.53 Å². The fourth-order valence-corrected chi connectivity index (χ4v) is 1.10. The summed E-state index contributed by atoms with van der Waals surface area (Å²) in [6.45, 7) is 3.71. The van der Waals surface area contributed by atoms with Gasteiger partial charge in [0.05, 0.1) is 12.3 Å². The number of nitrogens with one attached hydrogen (secondary N) is 1. The molecule has 0 aliphatic heterocycles. The van der Waals surface area contributed by atoms with E-state index in [9.17, 15) is 10.0 Å². The molecule has 5 heteroatoms. The van der Waals surface area contributed by atoms with Crippen molar-refractivity contribution in [1.29, 1.82) is 5.41 Å². The number of hydroxylamine groups is 1. The van der Waals surface area contributed by atoms with E-state index in [1.54, 1.807) is 31.2 Å². The van der Waals surface area contributed by atoms with Crippen molar-refractivity contribution >= 4 is 17.5 Å². The van der Waals surface area contributed by atoms with Gasteiger partial charge in [-0.2, -0.15) is 0 Å². The molecule has 0 aliphatic rings. The van der Waals surface area contributed by atoms with Gasteiger partial charge < -0.3 is 4.74 Å². The van der Waals surface area contributed by atoms with Gasteiger partial charge in [-0.3, -0.25) is 10.6 Å². The zero-order valence-electron chi connectivity index (χ0n) is 9.23. The summed E-state index contributed by atoms with van der Waals surface area (Å²) in [7, 11) is 0. The Morgan fingerprint density at radius 1 is 1.44 bits per heavy atom. The Morgan fingerprint density at radius 3 is 2.50 bits per heavy atom. The number of carbonyl (C=O) groups excluding carboxylic acids is 1. The molecule has 0 saturated carbocycles. The van der Waals surface area contributed by atoms with Crippen LogP contribution in [0.1, 0.15) is 12.5 Å². The third kappa shape index (κ3) is 2.80. The summed E-state index contributed by atoms with van der Waals surface area (Å²) in [5.41, 5.74) is 1.38. The molecule has 0 bridgehead atoms. The fraction of sp³-hybridized carbons (Fsp3) is 0.273. The van der Waals surface area contributed by atoms with Crippen molar-refractivity contribution < 1.29 is 14.7 Å². The van der Waals surface area contributed by atoms with Gasteiger partial charge in [0, 0.05) is 0 Å². The summed E-state index contributed by atoms with van der Waals surface area (Å²) in [4.78, 5) is 11.2. The molecule has 16 heavy (non-hydrogen) atoms. The molecule has 0 unspecified atom stereocenters. The minimum atomic E-state index is -0.856. The smallest absolute Gasteiger partial charge is 0.376 e. The molecule has 1 aromatic rings. The van der Waals surface area contributed by atoms with E-state index in [-0.39, 0.29) is 6.61 Å². The van der Waals surface area contributed by atoms with E-state index >= 15 is 0 Å². The molecule has 0 amide bonds. The van der Waals surface area contributed by atoms with Crippen molar-refractivity contribution in [2.45, 2.75) is 13.8 Å². The van der Waals surface area contributed by atoms with Crippen molar-refractivity contribution in [1.82, 2.24) is 0 Å². The predicted molar refractivity (Wildman–Crippen MR) is 59.8 cm³/mol. The normalized spacial score (nSPS) is 9.69. The highest BCUT2D eigenvalue weighted by Crippen LogP contribution is 2.13. The summed E-state index contributed by atoms with van der Waals surface area (Å²) in [5, 5.41) is 17.5. The maximum absolute atomic E-state index is 11.2. The van der Waals surface area contributed by atoms with Crippen LogP contribution in [-0.4, -0.2) is 23.6 Å². The number of benzene rings is 1. The zero-order valence-corrected chi connectivity index (χ0v) is 9.23. The topological polar surface area (TPSA) is 73.6 Å². The Bertz CT molecular complexity index is 387. The molecule has 0 spiro atoms. The Balaban J connectivity index is 2.77. The van der Waals surface area contributed by atoms with Crippen LogP contribution in [0.2, 0.25) is 0 Å². The molecule has 1 aromatic carbocycles. The molecule has 0 aliphatic carbocycles. The monoisotopic (exact) mass is 222 g/mol. The van der Waals surface area contributed by atoms with Crippen LogP contribution in [0.3, 0.4) is 0 Å². The van der Waals surface area contributed by atoms with Crippen LogP contribution >= 0.6 is 0 Å². The first-order chi connectivity index (χ1) is 7.56. The second kappa shape index (κ2) is 5.27. The maximum atomic E-state index is 11.2. The number of anilines is 1. The lowest BCUT2D eigenvalue weighted by molar-refractivity contribution is -0.135. The number of aryl methyl sites for hydroxylation is 1. The number of amidine groups is 1. The lowest BCUT2D eigenvalue weighted by Gasteiger charge is -2.16. The number of esters is 1. The Morgan fingerprint density at radius 2 is 2.00 bits per heavy atom. The Labute approximate surface area is 93.7 Å². The van der Waals surface area contributed by atoms with Crippen molar-refractivity contribution in [2.24, 2.45) is 0 Å². The standard InChI is InChI=1S/C11H14N2O3/c1-3-16-11(14)10(12)13(15)9-6-4-8(2)5-7-9/h4-7,12,15H,3H2,1-2H3. The zero-order chi connectivity index (χ0) is 12.1. The van der Waals surface area contributed by atoms with Crippen molar-refractivity contribution in [3.8, 4) is 0 Å². The number of hydrogen-bond acceptors (Lipinski definition) is 4. The van der Waals surface area contributed by atoms with Gasteiger partial charge in [-0.25, -0.2) is 9.86 Å². The first-order valence-corrected chi connectivity index (χ1v) is 4.87. The fourth-order valence-electron chi connectivity index (χ4n) is 1.10. The SMILES string of the molecule is CCOC(=O)C(=N)N(O)c1ccc(C)cc1. The van der Waals surface area contributed by atoms with Gasteiger partial charge in [-0.05, 0) is 26.0 Å². The lowest BCUT2D eigenvalue weighted by atomic mass is 10.2. The van der Waals surface area contributed by atoms with E-state index in [0.29, 0.717) is 10.8 Å². The summed E-state index contributed by atoms with van der Waals surface area (Å²) in [5.74, 6) is -1.46. The van der Waals surface area contributed by atoms with Crippen LogP contribution in [0.15, 0.2) is 24.3 Å². The van der Waals surface area contributed by atoms with Gasteiger partial charge in [0.15, 0.2) is 0 Å². The van der Waals surface area contributed by atoms with Gasteiger partial charge in [-0.1, -0.05) is 17.7 Å². The molecule has 0 atom stereocenters. The number of nitrogens with zero attached hydrogens (tertiary/aromatic N) is 1. The van der Waals surface area contributed by atoms with E-state index in [2.05, 4.69) is 4.74 Å². The largest absolute Gasteiger partial charge is 0.460 e. The van der Waals surface area contributed by atoms with Crippen LogP contribution in [0.4, 0.5) is 5.69 Å². The summed E-state index contributed by atoms with van der Waals surface area (Å²) >= 11 is 0. The van der Waals surface area contributed by atoms with E-state index in [1.165, 1.54) is 0 Å². The molecular weight excluding hydrogens is 208 g/mol. The molecule has 0 radical (unpaired) electrons. The van der Waals surface area contributed by atoms with Crippen LogP contribution in [0, 0.1) is 12.3 Å². The average Bonchev–Trinajstić information content (AvgIpc) is 2.28. The van der Waals surface area contributed by atoms with Crippen LogP contribution in [0.25, 0.3) is 0 Å². The molecule has 1 rings (SSSR count). The highest BCUT2D eigenvalue weighted by Gasteiger charge is 2.18. The second-order valence-corrected chi connectivity index (χ2v) is 3.22. The lowest BCUT2D eigenvalue weighted by Crippen LogP contribution is -2.34. The molecule has 0 saturated heterocycles. The third-order valence-electron chi connectivity index (χ3n) is 1.96. The van der Waals surface area contributed by atoms with Crippen LogP contribution < -0.4 is 5.06 Å². The summed E-state index contributed by atoms with van der Waals surface area (Å²) in [6.07, 6.45) is 0. The molecule has 0 aromatic heterocycles. The van der Waals surface area contributed by atoms with Gasteiger partial charge in [0.25, 0.3) is 0 Å². The van der Waals surface area contributed by atoms with E-state index in [4.69, 9.17) is 5.41 Å². The van der Waals surface area contributed by atoms with E-state index < -0.39 is 11.8 Å². The molecule has 2 N–H and O–H groups in total. The van der Waals surface area contributed by atoms with Gasteiger partial charge in [0.1, 0.15) is 0 Å². The number of ether oxygens (including phenoxy) is 1. The first-order valence-electron chi connectivity index (χ1n) is 4.87. The number of carbonyl (C=O) groups is 1. The van der Waals surface area contributed by atoms with E-state index in [0.717, 1.165) is 5.56 Å². The molecular formula is C11H14N2O3. The third-order valence-corrected chi connectivity index (χ3v) is 1.96. The van der Waals surface area contributed by atoms with Crippen molar-refractivity contribution in [2.75, 3.05) is 11.7 Å². The molecule has 5 nitrogen and oxygen atoms in total. The van der Waals surface area contributed by atoms with E-state index in [1.807, 2.05) is 6.92 Å². The Kier molecular flexibility index (Phi) is 4.02. The maximum Gasteiger partial charge on any atom is 0.376 e. The number of hydrogen-bond donors (Lipinski definition) is 2. The quantitative estimate of drug-likeness (QED) is 0.346. The average molecular weight is 222 g/mol. The minimum Gasteiger partial charge on any atom is -0.460 e. The number of rotatable bonds is 2. The van der Waals surface area contributed by atoms with Crippen molar-refractivity contribution in [3.05, 3.63) is 29.8 Å². The highest BCUT2D eigenvalue weighted by molar-refractivity contribution is 6.38. The van der Waals surface area contributed by atoms with Crippen molar-refractivity contribution in [3.63, 3.8) is 0 Å². The van der Waals surface area contributed by atoms with Gasteiger partial charge >= 0.3 is 5.97 Å². The van der Waals surface area contributed by atoms with Gasteiger partial charge in [0.2, 0.25) is 5.84 Å². The Hall–Kier alpha value is -1.88. The van der Waals surface area contributed by atoms with Crippen LogP contribution in [0.5, 0.6) is 0 Å². The molecule has 86 valence electrons. The minimum absolute atomic E-state index is 0.170.